The largest absolute Gasteiger partial charge is 0.350 e. The number of piperidine rings is 1. The molecule has 0 bridgehead atoms. The number of hydrogen-bond donors (Lipinski definition) is 2. The number of H-pyrrole nitrogens is 2. The van der Waals surface area contributed by atoms with Gasteiger partial charge in [-0.15, -0.1) is 0 Å². The molecule has 1 amide bonds. The Bertz CT molecular complexity index is 841. The first kappa shape index (κ1) is 13.9. The molecule has 1 aliphatic rings. The molecule has 1 saturated heterocycles. The van der Waals surface area contributed by atoms with Gasteiger partial charge < -0.3 is 9.88 Å². The van der Waals surface area contributed by atoms with E-state index in [1.54, 1.807) is 23.1 Å². The number of aromatic nitrogens is 4. The van der Waals surface area contributed by atoms with E-state index in [1.165, 1.54) is 12.4 Å². The molecule has 1 fully saturated rings. The summed E-state index contributed by atoms with van der Waals surface area (Å²) in [5, 5.41) is 7.20. The van der Waals surface area contributed by atoms with Gasteiger partial charge in [0.15, 0.2) is 0 Å². The van der Waals surface area contributed by atoms with Crippen LogP contribution in [0.15, 0.2) is 30.6 Å². The first-order valence-corrected chi connectivity index (χ1v) is 7.64. The van der Waals surface area contributed by atoms with Crippen molar-refractivity contribution in [2.45, 2.75) is 18.8 Å². The van der Waals surface area contributed by atoms with Crippen molar-refractivity contribution < 1.29 is 9.18 Å². The molecule has 0 spiro atoms. The summed E-state index contributed by atoms with van der Waals surface area (Å²) in [6.07, 6.45) is 3.36. The van der Waals surface area contributed by atoms with Crippen LogP contribution in [0, 0.1) is 5.82 Å². The summed E-state index contributed by atoms with van der Waals surface area (Å²) in [6.45, 7) is 1.28. The van der Waals surface area contributed by atoms with Crippen molar-refractivity contribution in [2.24, 2.45) is 0 Å². The van der Waals surface area contributed by atoms with Crippen LogP contribution >= 0.6 is 0 Å². The predicted octanol–water partition coefficient (Wildman–Crippen LogP) is 2.44. The van der Waals surface area contributed by atoms with Crippen LogP contribution in [-0.4, -0.2) is 44.1 Å². The summed E-state index contributed by atoms with van der Waals surface area (Å²) >= 11 is 0. The van der Waals surface area contributed by atoms with Gasteiger partial charge in [0.05, 0.1) is 0 Å². The van der Waals surface area contributed by atoms with Crippen molar-refractivity contribution in [3.05, 3.63) is 47.9 Å². The number of nitrogens with one attached hydrogen (secondary N) is 2. The first-order valence-electron chi connectivity index (χ1n) is 7.64. The Kier molecular flexibility index (Phi) is 3.33. The standard InChI is InChI=1S/C16H16FN5O/c17-12-4-1-5-13-11(12)7-14(20-13)16(23)22-6-2-3-10(8-22)15-18-9-19-21-15/h1,4-5,7,9-10,20H,2-3,6,8H2,(H,18,19,21). The maximum absolute atomic E-state index is 13.8. The van der Waals surface area contributed by atoms with Crippen LogP contribution in [0.4, 0.5) is 4.39 Å². The highest BCUT2D eigenvalue weighted by molar-refractivity contribution is 5.98. The van der Waals surface area contributed by atoms with Crippen molar-refractivity contribution >= 4 is 16.8 Å². The van der Waals surface area contributed by atoms with Gasteiger partial charge in [0, 0.05) is 29.9 Å². The molecule has 3 heterocycles. The van der Waals surface area contributed by atoms with Gasteiger partial charge in [0.2, 0.25) is 0 Å². The zero-order chi connectivity index (χ0) is 15.8. The Morgan fingerprint density at radius 2 is 2.30 bits per heavy atom. The van der Waals surface area contributed by atoms with Crippen LogP contribution in [0.25, 0.3) is 10.9 Å². The van der Waals surface area contributed by atoms with E-state index >= 15 is 0 Å². The number of likely N-dealkylation sites (tertiary alicyclic amines) is 1. The van der Waals surface area contributed by atoms with Gasteiger partial charge in [-0.3, -0.25) is 9.89 Å². The lowest BCUT2D eigenvalue weighted by Crippen LogP contribution is -2.39. The molecule has 0 saturated carbocycles. The van der Waals surface area contributed by atoms with E-state index in [-0.39, 0.29) is 17.6 Å². The Morgan fingerprint density at radius 1 is 1.39 bits per heavy atom. The van der Waals surface area contributed by atoms with Gasteiger partial charge in [-0.2, -0.15) is 5.10 Å². The molecule has 2 N–H and O–H groups in total. The molecule has 4 rings (SSSR count). The summed E-state index contributed by atoms with van der Waals surface area (Å²) in [5.41, 5.74) is 1.06. The van der Waals surface area contributed by atoms with Crippen molar-refractivity contribution in [3.63, 3.8) is 0 Å². The van der Waals surface area contributed by atoms with Crippen molar-refractivity contribution in [1.29, 1.82) is 0 Å². The third kappa shape index (κ3) is 2.48. The second kappa shape index (κ2) is 5.49. The monoisotopic (exact) mass is 313 g/mol. The number of carbonyl (C=O) groups is 1. The number of fused-ring (bicyclic) bond motifs is 1. The molecule has 7 heteroatoms. The molecule has 1 atom stereocenters. The van der Waals surface area contributed by atoms with Gasteiger partial charge in [-0.25, -0.2) is 9.37 Å². The lowest BCUT2D eigenvalue weighted by atomic mass is 9.97. The maximum atomic E-state index is 13.8. The summed E-state index contributed by atoms with van der Waals surface area (Å²) in [7, 11) is 0. The van der Waals surface area contributed by atoms with E-state index in [0.717, 1.165) is 18.7 Å². The molecule has 6 nitrogen and oxygen atoms in total. The molecule has 1 aromatic carbocycles. The van der Waals surface area contributed by atoms with Crippen molar-refractivity contribution in [1.82, 2.24) is 25.1 Å². The minimum absolute atomic E-state index is 0.107. The predicted molar refractivity (Wildman–Crippen MR) is 82.5 cm³/mol. The fourth-order valence-corrected chi connectivity index (χ4v) is 3.20. The van der Waals surface area contributed by atoms with Crippen LogP contribution < -0.4 is 0 Å². The lowest BCUT2D eigenvalue weighted by Gasteiger charge is -2.31. The zero-order valence-corrected chi connectivity index (χ0v) is 12.4. The van der Waals surface area contributed by atoms with Gasteiger partial charge >= 0.3 is 0 Å². The quantitative estimate of drug-likeness (QED) is 0.763. The highest BCUT2D eigenvalue weighted by Crippen LogP contribution is 2.26. The summed E-state index contributed by atoms with van der Waals surface area (Å²) in [5.74, 6) is 0.544. The molecule has 0 aliphatic carbocycles. The summed E-state index contributed by atoms with van der Waals surface area (Å²) in [6, 6.07) is 6.38. The number of carbonyl (C=O) groups excluding carboxylic acids is 1. The highest BCUT2D eigenvalue weighted by Gasteiger charge is 2.27. The number of hydrogen-bond acceptors (Lipinski definition) is 3. The molecule has 23 heavy (non-hydrogen) atoms. The Balaban J connectivity index is 1.58. The fourth-order valence-electron chi connectivity index (χ4n) is 3.20. The number of rotatable bonds is 2. The lowest BCUT2D eigenvalue weighted by molar-refractivity contribution is 0.0699. The Labute approximate surface area is 131 Å². The van der Waals surface area contributed by atoms with E-state index in [0.29, 0.717) is 29.7 Å². The minimum atomic E-state index is -0.323. The van der Waals surface area contributed by atoms with E-state index in [9.17, 15) is 9.18 Å². The molecule has 118 valence electrons. The van der Waals surface area contributed by atoms with E-state index in [1.807, 2.05) is 0 Å². The second-order valence-electron chi connectivity index (χ2n) is 5.85. The third-order valence-electron chi connectivity index (χ3n) is 4.37. The van der Waals surface area contributed by atoms with Gasteiger partial charge in [0.1, 0.15) is 23.7 Å². The molecule has 1 aliphatic heterocycles. The van der Waals surface area contributed by atoms with Crippen LogP contribution in [0.2, 0.25) is 0 Å². The average molecular weight is 313 g/mol. The number of aromatic amines is 2. The smallest absolute Gasteiger partial charge is 0.270 e. The van der Waals surface area contributed by atoms with E-state index in [2.05, 4.69) is 20.2 Å². The van der Waals surface area contributed by atoms with E-state index in [4.69, 9.17) is 0 Å². The zero-order valence-electron chi connectivity index (χ0n) is 12.4. The minimum Gasteiger partial charge on any atom is -0.350 e. The number of amides is 1. The van der Waals surface area contributed by atoms with Gasteiger partial charge in [0.25, 0.3) is 5.91 Å². The Morgan fingerprint density at radius 3 is 3.09 bits per heavy atom. The fraction of sp³-hybridized carbons (Fsp3) is 0.312. The van der Waals surface area contributed by atoms with Gasteiger partial charge in [-0.05, 0) is 31.0 Å². The SMILES string of the molecule is O=C(c1cc2c(F)cccc2[nH]1)N1CCCC(c2ncn[nH]2)C1. The van der Waals surface area contributed by atoms with Gasteiger partial charge in [-0.1, -0.05) is 6.07 Å². The molecule has 0 radical (unpaired) electrons. The van der Waals surface area contributed by atoms with Crippen LogP contribution in [-0.2, 0) is 0 Å². The second-order valence-corrected chi connectivity index (χ2v) is 5.85. The Hall–Kier alpha value is -2.70. The maximum Gasteiger partial charge on any atom is 0.270 e. The van der Waals surface area contributed by atoms with Crippen LogP contribution in [0.1, 0.15) is 35.1 Å². The topological polar surface area (TPSA) is 77.7 Å². The summed E-state index contributed by atoms with van der Waals surface area (Å²) in [4.78, 5) is 21.7. The summed E-state index contributed by atoms with van der Waals surface area (Å²) < 4.78 is 13.8. The number of benzene rings is 1. The third-order valence-corrected chi connectivity index (χ3v) is 4.37. The molecule has 3 aromatic rings. The van der Waals surface area contributed by atoms with Crippen molar-refractivity contribution in [3.8, 4) is 0 Å². The molecular weight excluding hydrogens is 297 g/mol. The first-order chi connectivity index (χ1) is 11.2. The molecular formula is C16H16FN5O. The normalized spacial score (nSPS) is 18.5. The molecule has 2 aromatic heterocycles. The number of nitrogens with zero attached hydrogens (tertiary/aromatic N) is 3. The highest BCUT2D eigenvalue weighted by atomic mass is 19.1. The number of halogens is 1. The van der Waals surface area contributed by atoms with Crippen LogP contribution in [0.5, 0.6) is 0 Å². The molecule has 1 unspecified atom stereocenters. The van der Waals surface area contributed by atoms with E-state index < -0.39 is 0 Å². The van der Waals surface area contributed by atoms with Crippen LogP contribution in [0.3, 0.4) is 0 Å². The average Bonchev–Trinajstić information content (AvgIpc) is 3.24. The van der Waals surface area contributed by atoms with Crippen molar-refractivity contribution in [2.75, 3.05) is 13.1 Å².